The van der Waals surface area contributed by atoms with Gasteiger partial charge in [-0.05, 0) is 24.6 Å². The molecule has 0 aliphatic heterocycles. The van der Waals surface area contributed by atoms with E-state index in [-0.39, 0.29) is 0 Å². The van der Waals surface area contributed by atoms with Gasteiger partial charge in [0.05, 0.1) is 11.6 Å². The minimum Gasteiger partial charge on any atom is -0.348 e. The molecule has 24 heavy (non-hydrogen) atoms. The van der Waals surface area contributed by atoms with Crippen LogP contribution < -0.4 is 10.9 Å². The first kappa shape index (κ1) is 18.1. The van der Waals surface area contributed by atoms with Gasteiger partial charge in [0.25, 0.3) is 5.56 Å². The molecule has 1 amide bonds. The summed E-state index contributed by atoms with van der Waals surface area (Å²) in [5.41, 5.74) is -1.01. The molecule has 0 fully saturated rings. The molecule has 0 saturated carbocycles. The van der Waals surface area contributed by atoms with E-state index in [1.807, 2.05) is 0 Å². The summed E-state index contributed by atoms with van der Waals surface area (Å²) in [4.78, 5) is 23.7. The van der Waals surface area contributed by atoms with Crippen LogP contribution in [0.3, 0.4) is 0 Å². The van der Waals surface area contributed by atoms with Crippen LogP contribution in [0.1, 0.15) is 24.1 Å². The lowest BCUT2D eigenvalue weighted by Crippen LogP contribution is -2.34. The van der Waals surface area contributed by atoms with Crippen LogP contribution in [-0.2, 0) is 17.5 Å². The van der Waals surface area contributed by atoms with E-state index in [9.17, 15) is 22.8 Å². The summed E-state index contributed by atoms with van der Waals surface area (Å²) in [6.45, 7) is 1.17. The number of carbonyl (C=O) groups excluding carboxylic acids is 1. The van der Waals surface area contributed by atoms with Gasteiger partial charge in [-0.25, -0.2) is 0 Å². The van der Waals surface area contributed by atoms with Crippen LogP contribution >= 0.6 is 11.6 Å². The Labute approximate surface area is 140 Å². The van der Waals surface area contributed by atoms with Gasteiger partial charge in [0, 0.05) is 17.3 Å². The van der Waals surface area contributed by atoms with Crippen LogP contribution in [0.4, 0.5) is 13.2 Å². The van der Waals surface area contributed by atoms with E-state index in [4.69, 9.17) is 11.6 Å². The SMILES string of the molecule is C[C@@H](NC(=O)Cn1cc(C(F)(F)F)ccc1=O)c1ccccc1Cl. The molecule has 1 aromatic carbocycles. The van der Waals surface area contributed by atoms with Gasteiger partial charge in [-0.3, -0.25) is 9.59 Å². The van der Waals surface area contributed by atoms with Gasteiger partial charge in [0.2, 0.25) is 5.91 Å². The van der Waals surface area contributed by atoms with Crippen molar-refractivity contribution in [2.24, 2.45) is 0 Å². The molecular weight excluding hydrogens is 345 g/mol. The standard InChI is InChI=1S/C16H14ClF3N2O2/c1-10(12-4-2-3-5-13(12)17)21-14(23)9-22-8-11(16(18,19)20)6-7-15(22)24/h2-8,10H,9H2,1H3,(H,21,23)/t10-/m1/s1. The molecule has 0 radical (unpaired) electrons. The second kappa shape index (κ2) is 7.09. The highest BCUT2D eigenvalue weighted by Crippen LogP contribution is 2.28. The molecule has 0 unspecified atom stereocenters. The average Bonchev–Trinajstić information content (AvgIpc) is 2.48. The molecule has 1 aromatic heterocycles. The Hall–Kier alpha value is -2.28. The van der Waals surface area contributed by atoms with Gasteiger partial charge in [-0.15, -0.1) is 0 Å². The number of amides is 1. The number of aromatic nitrogens is 1. The van der Waals surface area contributed by atoms with Crippen LogP contribution in [0.15, 0.2) is 47.4 Å². The molecule has 0 aliphatic carbocycles. The van der Waals surface area contributed by atoms with E-state index in [0.29, 0.717) is 22.8 Å². The van der Waals surface area contributed by atoms with E-state index in [0.717, 1.165) is 10.6 Å². The van der Waals surface area contributed by atoms with Crippen LogP contribution in [0, 0.1) is 0 Å². The first-order valence-electron chi connectivity index (χ1n) is 7.00. The van der Waals surface area contributed by atoms with Gasteiger partial charge in [-0.2, -0.15) is 13.2 Å². The van der Waals surface area contributed by atoms with Crippen molar-refractivity contribution in [2.45, 2.75) is 25.7 Å². The fraction of sp³-hybridized carbons (Fsp3) is 0.250. The molecule has 2 rings (SSSR count). The van der Waals surface area contributed by atoms with Crippen molar-refractivity contribution >= 4 is 17.5 Å². The summed E-state index contributed by atoms with van der Waals surface area (Å²) in [5.74, 6) is -0.594. The minimum absolute atomic E-state index is 0.451. The smallest absolute Gasteiger partial charge is 0.348 e. The monoisotopic (exact) mass is 358 g/mol. The van der Waals surface area contributed by atoms with Crippen LogP contribution in [0.5, 0.6) is 0 Å². The van der Waals surface area contributed by atoms with Crippen molar-refractivity contribution in [3.05, 3.63) is 69.1 Å². The zero-order valence-corrected chi connectivity index (χ0v) is 13.4. The normalized spacial score (nSPS) is 12.7. The Balaban J connectivity index is 2.13. The van der Waals surface area contributed by atoms with E-state index in [1.165, 1.54) is 0 Å². The molecule has 2 aromatic rings. The number of hydrogen-bond acceptors (Lipinski definition) is 2. The van der Waals surface area contributed by atoms with Crippen molar-refractivity contribution in [1.82, 2.24) is 9.88 Å². The second-order valence-corrected chi connectivity index (χ2v) is 5.60. The summed E-state index contributed by atoms with van der Waals surface area (Å²) < 4.78 is 38.8. The molecule has 0 aliphatic rings. The maximum atomic E-state index is 12.7. The second-order valence-electron chi connectivity index (χ2n) is 5.19. The molecule has 8 heteroatoms. The Morgan fingerprint density at radius 2 is 1.92 bits per heavy atom. The predicted octanol–water partition coefficient (Wildman–Crippen LogP) is 3.40. The highest BCUT2D eigenvalue weighted by atomic mass is 35.5. The Morgan fingerprint density at radius 3 is 2.54 bits per heavy atom. The fourth-order valence-electron chi connectivity index (χ4n) is 2.17. The lowest BCUT2D eigenvalue weighted by atomic mass is 10.1. The third-order valence-electron chi connectivity index (χ3n) is 3.37. The van der Waals surface area contributed by atoms with E-state index >= 15 is 0 Å². The van der Waals surface area contributed by atoms with Crippen molar-refractivity contribution < 1.29 is 18.0 Å². The Bertz CT molecular complexity index is 802. The zero-order valence-electron chi connectivity index (χ0n) is 12.6. The highest BCUT2D eigenvalue weighted by molar-refractivity contribution is 6.31. The number of benzene rings is 1. The zero-order chi connectivity index (χ0) is 17.9. The average molecular weight is 359 g/mol. The number of pyridine rings is 1. The summed E-state index contributed by atoms with van der Waals surface area (Å²) in [5, 5.41) is 3.07. The minimum atomic E-state index is -4.59. The van der Waals surface area contributed by atoms with E-state index in [1.54, 1.807) is 31.2 Å². The van der Waals surface area contributed by atoms with Gasteiger partial charge < -0.3 is 9.88 Å². The summed E-state index contributed by atoms with van der Waals surface area (Å²) >= 11 is 6.03. The first-order chi connectivity index (χ1) is 11.2. The Morgan fingerprint density at radius 1 is 1.25 bits per heavy atom. The number of rotatable bonds is 4. The molecule has 1 heterocycles. The fourth-order valence-corrected chi connectivity index (χ4v) is 2.47. The van der Waals surface area contributed by atoms with Crippen molar-refractivity contribution in [2.75, 3.05) is 0 Å². The number of carbonyl (C=O) groups is 1. The van der Waals surface area contributed by atoms with Crippen LogP contribution in [-0.4, -0.2) is 10.5 Å². The van der Waals surface area contributed by atoms with Crippen molar-refractivity contribution in [3.63, 3.8) is 0 Å². The molecular formula is C16H14ClF3N2O2. The molecule has 1 atom stereocenters. The van der Waals surface area contributed by atoms with Gasteiger partial charge in [0.1, 0.15) is 6.54 Å². The number of halogens is 4. The predicted molar refractivity (Wildman–Crippen MR) is 83.7 cm³/mol. The molecule has 1 N–H and O–H groups in total. The summed E-state index contributed by atoms with van der Waals surface area (Å²) in [7, 11) is 0. The van der Waals surface area contributed by atoms with Crippen LogP contribution in [0.2, 0.25) is 5.02 Å². The molecule has 4 nitrogen and oxygen atoms in total. The molecule has 0 spiro atoms. The van der Waals surface area contributed by atoms with Gasteiger partial charge >= 0.3 is 6.18 Å². The highest BCUT2D eigenvalue weighted by Gasteiger charge is 2.31. The van der Waals surface area contributed by atoms with E-state index < -0.39 is 35.8 Å². The third kappa shape index (κ3) is 4.38. The lowest BCUT2D eigenvalue weighted by Gasteiger charge is -2.16. The quantitative estimate of drug-likeness (QED) is 0.910. The lowest BCUT2D eigenvalue weighted by molar-refractivity contribution is -0.138. The van der Waals surface area contributed by atoms with Gasteiger partial charge in [-0.1, -0.05) is 29.8 Å². The van der Waals surface area contributed by atoms with Crippen molar-refractivity contribution in [3.8, 4) is 0 Å². The topological polar surface area (TPSA) is 51.1 Å². The number of nitrogens with one attached hydrogen (secondary N) is 1. The summed E-state index contributed by atoms with van der Waals surface area (Å²) in [6, 6.07) is 7.90. The van der Waals surface area contributed by atoms with E-state index in [2.05, 4.69) is 5.32 Å². The first-order valence-corrected chi connectivity index (χ1v) is 7.38. The number of nitrogens with zero attached hydrogens (tertiary/aromatic N) is 1. The molecule has 0 saturated heterocycles. The third-order valence-corrected chi connectivity index (χ3v) is 3.72. The number of hydrogen-bond donors (Lipinski definition) is 1. The number of alkyl halides is 3. The summed E-state index contributed by atoms with van der Waals surface area (Å²) in [6.07, 6.45) is -3.96. The molecule has 0 bridgehead atoms. The maximum absolute atomic E-state index is 12.7. The Kier molecular flexibility index (Phi) is 5.33. The van der Waals surface area contributed by atoms with Crippen molar-refractivity contribution in [1.29, 1.82) is 0 Å². The van der Waals surface area contributed by atoms with Gasteiger partial charge in [0.15, 0.2) is 0 Å². The van der Waals surface area contributed by atoms with Crippen LogP contribution in [0.25, 0.3) is 0 Å². The maximum Gasteiger partial charge on any atom is 0.417 e. The largest absolute Gasteiger partial charge is 0.417 e. The molecule has 128 valence electrons.